The van der Waals surface area contributed by atoms with Gasteiger partial charge in [-0.25, -0.2) is 4.79 Å². The van der Waals surface area contributed by atoms with Gasteiger partial charge in [-0.1, -0.05) is 13.8 Å². The molecule has 4 heterocycles. The van der Waals surface area contributed by atoms with Gasteiger partial charge < -0.3 is 83.9 Å². The van der Waals surface area contributed by atoms with Gasteiger partial charge in [0.15, 0.2) is 18.9 Å². The van der Waals surface area contributed by atoms with E-state index < -0.39 is 116 Å². The summed E-state index contributed by atoms with van der Waals surface area (Å²) in [5.41, 5.74) is -0.825. The molecule has 23 atom stereocenters. The number of hydrogen-bond donors (Lipinski definition) is 9. The number of fused-ring (bicyclic) bond motifs is 5. The number of methoxy groups -OCH3 is 1. The minimum absolute atomic E-state index is 0.0139. The zero-order valence-corrected chi connectivity index (χ0v) is 34.8. The van der Waals surface area contributed by atoms with Crippen LogP contribution >= 0.6 is 0 Å². The highest BCUT2D eigenvalue weighted by molar-refractivity contribution is 5.85. The Morgan fingerprint density at radius 1 is 0.800 bits per heavy atom. The fourth-order valence-electron chi connectivity index (χ4n) is 13.0. The van der Waals surface area contributed by atoms with E-state index in [9.17, 15) is 50.8 Å². The van der Waals surface area contributed by atoms with Crippen LogP contribution in [0.5, 0.6) is 0 Å². The van der Waals surface area contributed by atoms with Crippen molar-refractivity contribution < 1.29 is 88.6 Å². The number of cyclic esters (lactones) is 1. The van der Waals surface area contributed by atoms with Crippen molar-refractivity contribution in [3.63, 3.8) is 0 Å². The van der Waals surface area contributed by atoms with Crippen molar-refractivity contribution in [2.75, 3.05) is 26.9 Å². The molecular weight excluding hydrogens is 792 g/mol. The van der Waals surface area contributed by atoms with Crippen LogP contribution in [0.4, 0.5) is 0 Å². The SMILES string of the molecule is CO[C@@H]1C[C@H](O[C@H]2CC[C@]3(C)[C@H](CC[C@H]4[C@@H]3CC[C@]3(C)[C@@H](C5=CC(=O)OC5)[C@@H](O)C[C@]43O)C2)O[C@H](C)[C@H]1O[C@H]1O[C@@H](CO[C@@H]2O[C@H](CO)[C@@H](O)[C@@H](O)[C@@H]2O)[C@H](O)[C@@H](O)[C@@H]1O. The molecule has 0 aromatic carbocycles. The molecule has 0 aromatic rings. The summed E-state index contributed by atoms with van der Waals surface area (Å²) >= 11 is 0. The average Bonchev–Trinajstić information content (AvgIpc) is 3.73. The predicted octanol–water partition coefficient (Wildman–Crippen LogP) is -1.24. The summed E-state index contributed by atoms with van der Waals surface area (Å²) in [5.74, 6) is -0.00189. The van der Waals surface area contributed by atoms with Crippen molar-refractivity contribution in [2.24, 2.45) is 34.5 Å². The number of esters is 1. The van der Waals surface area contributed by atoms with Gasteiger partial charge in [0.25, 0.3) is 0 Å². The van der Waals surface area contributed by atoms with E-state index in [0.717, 1.165) is 50.5 Å². The van der Waals surface area contributed by atoms with Crippen molar-refractivity contribution >= 4 is 5.97 Å². The summed E-state index contributed by atoms with van der Waals surface area (Å²) in [4.78, 5) is 12.0. The summed E-state index contributed by atoms with van der Waals surface area (Å²) in [6, 6.07) is 0. The molecule has 0 bridgehead atoms. The first-order valence-electron chi connectivity index (χ1n) is 21.8. The molecule has 342 valence electrons. The van der Waals surface area contributed by atoms with Crippen LogP contribution in [0.15, 0.2) is 11.6 Å². The fourth-order valence-corrected chi connectivity index (χ4v) is 13.0. The molecule has 3 saturated heterocycles. The van der Waals surface area contributed by atoms with E-state index in [0.29, 0.717) is 18.8 Å². The second-order valence-electron chi connectivity index (χ2n) is 19.4. The maximum atomic E-state index is 12.6. The second kappa shape index (κ2) is 17.2. The molecule has 8 rings (SSSR count). The van der Waals surface area contributed by atoms with Crippen LogP contribution in [0.3, 0.4) is 0 Å². The lowest BCUT2D eigenvalue weighted by Crippen LogP contribution is -2.63. The Balaban J connectivity index is 0.863. The lowest BCUT2D eigenvalue weighted by Gasteiger charge is -2.63. The molecule has 0 unspecified atom stereocenters. The third-order valence-electron chi connectivity index (χ3n) is 16.4. The highest BCUT2D eigenvalue weighted by Crippen LogP contribution is 2.70. The fraction of sp³-hybridized carbons (Fsp3) is 0.929. The number of ether oxygens (including phenoxy) is 8. The maximum absolute atomic E-state index is 12.6. The van der Waals surface area contributed by atoms with E-state index in [1.165, 1.54) is 13.2 Å². The number of aliphatic hydroxyl groups excluding tert-OH is 8. The lowest BCUT2D eigenvalue weighted by molar-refractivity contribution is -0.355. The largest absolute Gasteiger partial charge is 0.458 e. The molecule has 8 aliphatic rings. The van der Waals surface area contributed by atoms with Crippen LogP contribution in [0, 0.1) is 34.5 Å². The van der Waals surface area contributed by atoms with Crippen LogP contribution in [-0.4, -0.2) is 183 Å². The summed E-state index contributed by atoms with van der Waals surface area (Å²) in [5, 5.41) is 96.4. The van der Waals surface area contributed by atoms with Crippen LogP contribution in [0.2, 0.25) is 0 Å². The van der Waals surface area contributed by atoms with Crippen LogP contribution in [0.25, 0.3) is 0 Å². The molecule has 18 heteroatoms. The van der Waals surface area contributed by atoms with E-state index >= 15 is 0 Å². The highest BCUT2D eigenvalue weighted by atomic mass is 16.8. The van der Waals surface area contributed by atoms with Crippen molar-refractivity contribution in [3.05, 3.63) is 11.6 Å². The molecule has 0 amide bonds. The zero-order chi connectivity index (χ0) is 43.1. The first-order valence-corrected chi connectivity index (χ1v) is 21.8. The Labute approximate surface area is 349 Å². The second-order valence-corrected chi connectivity index (χ2v) is 19.4. The standard InChI is InChI=1S/C42H66O18/c1-18-37(60-39-36(51)34(49)32(47)27(59-39)17-55-38-35(50)33(48)31(46)26(15-43)58-38)25(53-4)13-29(56-18)57-21-7-9-40(2)20(12-21)5-6-23-22(40)8-10-41(3)30(19-11-28(45)54-16-19)24(44)14-42(23,41)52/h11,18,20-27,29-39,43-44,46-52H,5-10,12-17H2,1-4H3/t18-,20-,21+,22+,23+,24+,25-,26-,27+,29+,30+,31-,32+,33-,34-,35+,36+,37-,38-,39-,40-,41-,42+/m1/s1. The Kier molecular flexibility index (Phi) is 12.9. The van der Waals surface area contributed by atoms with Gasteiger partial charge in [-0.15, -0.1) is 0 Å². The summed E-state index contributed by atoms with van der Waals surface area (Å²) in [6.07, 6.45) is -10.7. The molecule has 60 heavy (non-hydrogen) atoms. The van der Waals surface area contributed by atoms with E-state index in [4.69, 9.17) is 37.9 Å². The zero-order valence-electron chi connectivity index (χ0n) is 34.8. The van der Waals surface area contributed by atoms with Crippen LogP contribution in [-0.2, 0) is 42.7 Å². The topological polar surface area (TPSA) is 273 Å². The van der Waals surface area contributed by atoms with Gasteiger partial charge in [-0.2, -0.15) is 0 Å². The van der Waals surface area contributed by atoms with Gasteiger partial charge in [0.2, 0.25) is 0 Å². The molecule has 4 aliphatic carbocycles. The smallest absolute Gasteiger partial charge is 0.331 e. The quantitative estimate of drug-likeness (QED) is 0.0918. The Bertz CT molecular complexity index is 1570. The van der Waals surface area contributed by atoms with E-state index in [1.807, 2.05) is 0 Å². The molecule has 0 spiro atoms. The molecule has 0 radical (unpaired) electrons. The molecule has 7 fully saturated rings. The average molecular weight is 859 g/mol. The summed E-state index contributed by atoms with van der Waals surface area (Å²) in [6.45, 7) is 5.28. The van der Waals surface area contributed by atoms with Gasteiger partial charge in [0.1, 0.15) is 61.5 Å². The predicted molar refractivity (Wildman–Crippen MR) is 203 cm³/mol. The first-order chi connectivity index (χ1) is 28.4. The Morgan fingerprint density at radius 3 is 2.18 bits per heavy atom. The van der Waals surface area contributed by atoms with Gasteiger partial charge in [-0.05, 0) is 80.6 Å². The van der Waals surface area contributed by atoms with Crippen LogP contribution < -0.4 is 0 Å². The van der Waals surface area contributed by atoms with Crippen LogP contribution in [0.1, 0.15) is 78.6 Å². The van der Waals surface area contributed by atoms with Crippen molar-refractivity contribution in [3.8, 4) is 0 Å². The molecular formula is C42H66O18. The van der Waals surface area contributed by atoms with E-state index in [-0.39, 0.29) is 41.8 Å². The van der Waals surface area contributed by atoms with E-state index in [2.05, 4.69) is 13.8 Å². The van der Waals surface area contributed by atoms with E-state index in [1.54, 1.807) is 6.92 Å². The molecule has 18 nitrogen and oxygen atoms in total. The normalized spacial score (nSPS) is 54.4. The third kappa shape index (κ3) is 7.60. The maximum Gasteiger partial charge on any atom is 0.331 e. The Morgan fingerprint density at radius 2 is 1.50 bits per heavy atom. The third-order valence-corrected chi connectivity index (χ3v) is 16.4. The summed E-state index contributed by atoms with van der Waals surface area (Å²) < 4.78 is 47.1. The van der Waals surface area contributed by atoms with Crippen molar-refractivity contribution in [1.29, 1.82) is 0 Å². The molecule has 9 N–H and O–H groups in total. The van der Waals surface area contributed by atoms with Gasteiger partial charge in [-0.3, -0.25) is 0 Å². The van der Waals surface area contributed by atoms with Gasteiger partial charge in [0, 0.05) is 37.4 Å². The number of hydrogen-bond acceptors (Lipinski definition) is 18. The molecule has 0 aromatic heterocycles. The van der Waals surface area contributed by atoms with Crippen molar-refractivity contribution in [1.82, 2.24) is 0 Å². The van der Waals surface area contributed by atoms with Crippen molar-refractivity contribution in [2.45, 2.75) is 182 Å². The molecule has 4 aliphatic heterocycles. The number of carbonyl (C=O) groups excluding carboxylic acids is 1. The highest BCUT2D eigenvalue weighted by Gasteiger charge is 2.70. The lowest BCUT2D eigenvalue weighted by atomic mass is 9.43. The number of aliphatic hydroxyl groups is 9. The Hall–Kier alpha value is -1.43. The summed E-state index contributed by atoms with van der Waals surface area (Å²) in [7, 11) is 1.53. The monoisotopic (exact) mass is 858 g/mol. The number of carbonyl (C=O) groups is 1. The number of rotatable bonds is 10. The minimum atomic E-state index is -1.71. The van der Waals surface area contributed by atoms with Gasteiger partial charge >= 0.3 is 5.97 Å². The first kappa shape index (κ1) is 45.1. The van der Waals surface area contributed by atoms with Gasteiger partial charge in [0.05, 0.1) is 43.2 Å². The minimum Gasteiger partial charge on any atom is -0.458 e. The molecule has 4 saturated carbocycles.